The summed E-state index contributed by atoms with van der Waals surface area (Å²) < 4.78 is 11.6. The molecule has 1 amide bonds. The second kappa shape index (κ2) is 8.23. The predicted octanol–water partition coefficient (Wildman–Crippen LogP) is 4.48. The molecule has 0 bridgehead atoms. The smallest absolute Gasteiger partial charge is 0.224 e. The molecule has 0 spiro atoms. The van der Waals surface area contributed by atoms with Gasteiger partial charge in [-0.3, -0.25) is 4.79 Å². The molecule has 26 heavy (non-hydrogen) atoms. The van der Waals surface area contributed by atoms with E-state index in [9.17, 15) is 4.79 Å². The van der Waals surface area contributed by atoms with E-state index in [1.165, 1.54) is 0 Å². The van der Waals surface area contributed by atoms with Gasteiger partial charge in [0.25, 0.3) is 0 Å². The first-order valence-corrected chi connectivity index (χ1v) is 9.05. The quantitative estimate of drug-likeness (QED) is 0.647. The molecule has 3 rings (SSSR count). The van der Waals surface area contributed by atoms with E-state index in [4.69, 9.17) is 9.47 Å². The Morgan fingerprint density at radius 3 is 2.46 bits per heavy atom. The molecule has 0 fully saturated rings. The van der Waals surface area contributed by atoms with Crippen LogP contribution in [-0.2, 0) is 17.8 Å². The minimum atomic E-state index is -0.0467. The molecule has 0 aliphatic heterocycles. The highest BCUT2D eigenvalue weighted by atomic mass is 79.9. The third kappa shape index (κ3) is 4.17. The van der Waals surface area contributed by atoms with Crippen LogP contribution in [0.5, 0.6) is 11.5 Å². The zero-order chi connectivity index (χ0) is 18.5. The molecule has 0 saturated heterocycles. The van der Waals surface area contributed by atoms with Gasteiger partial charge < -0.3 is 14.8 Å². The molecular formula is C21H20BrNO3. The Morgan fingerprint density at radius 1 is 1.00 bits per heavy atom. The van der Waals surface area contributed by atoms with Gasteiger partial charge in [-0.2, -0.15) is 0 Å². The summed E-state index contributed by atoms with van der Waals surface area (Å²) in [5.41, 5.74) is 1.91. The average Bonchev–Trinajstić information content (AvgIpc) is 2.66. The first-order chi connectivity index (χ1) is 12.6. The van der Waals surface area contributed by atoms with Crippen molar-refractivity contribution in [3.8, 4) is 11.5 Å². The summed E-state index contributed by atoms with van der Waals surface area (Å²) in [5, 5.41) is 5.06. The minimum absolute atomic E-state index is 0.0467. The second-order valence-corrected chi connectivity index (χ2v) is 6.83. The van der Waals surface area contributed by atoms with Crippen molar-refractivity contribution in [3.05, 3.63) is 70.2 Å². The van der Waals surface area contributed by atoms with Crippen molar-refractivity contribution >= 4 is 32.6 Å². The lowest BCUT2D eigenvalue weighted by molar-refractivity contribution is -0.120. The molecule has 0 saturated carbocycles. The summed E-state index contributed by atoms with van der Waals surface area (Å²) in [6.45, 7) is 0.474. The number of halogens is 1. The van der Waals surface area contributed by atoms with Crippen molar-refractivity contribution in [1.29, 1.82) is 0 Å². The molecule has 0 atom stereocenters. The number of fused-ring (bicyclic) bond motifs is 1. The molecule has 4 nitrogen and oxygen atoms in total. The zero-order valence-corrected chi connectivity index (χ0v) is 16.3. The minimum Gasteiger partial charge on any atom is -0.497 e. The van der Waals surface area contributed by atoms with Gasteiger partial charge in [0, 0.05) is 16.6 Å². The monoisotopic (exact) mass is 413 g/mol. The van der Waals surface area contributed by atoms with Gasteiger partial charge in [0.1, 0.15) is 11.5 Å². The van der Waals surface area contributed by atoms with Gasteiger partial charge in [-0.1, -0.05) is 40.2 Å². The number of carbonyl (C=O) groups excluding carboxylic acids is 1. The lowest BCUT2D eigenvalue weighted by Gasteiger charge is -2.13. The predicted molar refractivity (Wildman–Crippen MR) is 107 cm³/mol. The van der Waals surface area contributed by atoms with Crippen molar-refractivity contribution in [1.82, 2.24) is 5.32 Å². The molecule has 0 aromatic heterocycles. The van der Waals surface area contributed by atoms with E-state index in [0.717, 1.165) is 37.9 Å². The lowest BCUT2D eigenvalue weighted by atomic mass is 10.0. The number of hydrogen-bond donors (Lipinski definition) is 1. The van der Waals surface area contributed by atoms with Gasteiger partial charge in [-0.25, -0.2) is 0 Å². The summed E-state index contributed by atoms with van der Waals surface area (Å²) in [6.07, 6.45) is 0.262. The maximum Gasteiger partial charge on any atom is 0.224 e. The Hall–Kier alpha value is -2.53. The van der Waals surface area contributed by atoms with Crippen LogP contribution in [0.3, 0.4) is 0 Å². The fourth-order valence-electron chi connectivity index (χ4n) is 2.89. The van der Waals surface area contributed by atoms with Crippen LogP contribution < -0.4 is 14.8 Å². The van der Waals surface area contributed by atoms with E-state index in [2.05, 4.69) is 21.2 Å². The van der Waals surface area contributed by atoms with Crippen molar-refractivity contribution in [2.24, 2.45) is 0 Å². The molecule has 0 aliphatic carbocycles. The SMILES string of the molecule is COc1ccc(CNC(=O)Cc2c(OC)ccc3cc(Br)ccc23)cc1. The van der Waals surface area contributed by atoms with Crippen molar-refractivity contribution in [3.63, 3.8) is 0 Å². The van der Waals surface area contributed by atoms with Crippen LogP contribution in [0.1, 0.15) is 11.1 Å². The zero-order valence-electron chi connectivity index (χ0n) is 14.7. The molecule has 3 aromatic rings. The Morgan fingerprint density at radius 2 is 1.77 bits per heavy atom. The van der Waals surface area contributed by atoms with Gasteiger partial charge in [-0.05, 0) is 46.7 Å². The normalized spacial score (nSPS) is 10.6. The van der Waals surface area contributed by atoms with Crippen LogP contribution >= 0.6 is 15.9 Å². The van der Waals surface area contributed by atoms with Gasteiger partial charge in [0.15, 0.2) is 0 Å². The van der Waals surface area contributed by atoms with Crippen LogP contribution in [0.15, 0.2) is 59.1 Å². The fourth-order valence-corrected chi connectivity index (χ4v) is 3.26. The van der Waals surface area contributed by atoms with Crippen LogP contribution in [0.4, 0.5) is 0 Å². The Bertz CT molecular complexity index is 922. The molecular weight excluding hydrogens is 394 g/mol. The Kier molecular flexibility index (Phi) is 5.78. The van der Waals surface area contributed by atoms with E-state index in [0.29, 0.717) is 6.54 Å². The summed E-state index contributed by atoms with van der Waals surface area (Å²) >= 11 is 3.48. The van der Waals surface area contributed by atoms with Gasteiger partial charge in [0.2, 0.25) is 5.91 Å². The van der Waals surface area contributed by atoms with E-state index >= 15 is 0 Å². The first-order valence-electron chi connectivity index (χ1n) is 8.25. The van der Waals surface area contributed by atoms with Crippen molar-refractivity contribution in [2.45, 2.75) is 13.0 Å². The number of nitrogens with one attached hydrogen (secondary N) is 1. The highest BCUT2D eigenvalue weighted by molar-refractivity contribution is 9.10. The number of hydrogen-bond acceptors (Lipinski definition) is 3. The van der Waals surface area contributed by atoms with Crippen molar-refractivity contribution < 1.29 is 14.3 Å². The largest absolute Gasteiger partial charge is 0.497 e. The number of amides is 1. The molecule has 134 valence electrons. The number of benzene rings is 3. The van der Waals surface area contributed by atoms with E-state index in [-0.39, 0.29) is 12.3 Å². The van der Waals surface area contributed by atoms with Gasteiger partial charge in [0.05, 0.1) is 20.6 Å². The Labute approximate surface area is 161 Å². The van der Waals surface area contributed by atoms with Crippen LogP contribution in [0.2, 0.25) is 0 Å². The molecule has 0 radical (unpaired) electrons. The highest BCUT2D eigenvalue weighted by Crippen LogP contribution is 2.30. The van der Waals surface area contributed by atoms with Gasteiger partial charge in [-0.15, -0.1) is 0 Å². The third-order valence-corrected chi connectivity index (χ3v) is 4.75. The molecule has 0 aliphatic rings. The highest BCUT2D eigenvalue weighted by Gasteiger charge is 2.13. The topological polar surface area (TPSA) is 47.6 Å². The van der Waals surface area contributed by atoms with Crippen molar-refractivity contribution in [2.75, 3.05) is 14.2 Å². The molecule has 0 heterocycles. The summed E-state index contributed by atoms with van der Waals surface area (Å²) in [6, 6.07) is 17.6. The maximum absolute atomic E-state index is 12.5. The maximum atomic E-state index is 12.5. The number of carbonyl (C=O) groups is 1. The second-order valence-electron chi connectivity index (χ2n) is 5.91. The van der Waals surface area contributed by atoms with E-state index in [1.54, 1.807) is 14.2 Å². The summed E-state index contributed by atoms with van der Waals surface area (Å²) in [7, 11) is 3.26. The summed E-state index contributed by atoms with van der Waals surface area (Å²) in [5.74, 6) is 1.47. The average molecular weight is 414 g/mol. The number of rotatable bonds is 6. The van der Waals surface area contributed by atoms with Crippen LogP contribution in [0.25, 0.3) is 10.8 Å². The van der Waals surface area contributed by atoms with E-state index in [1.807, 2.05) is 54.6 Å². The van der Waals surface area contributed by atoms with E-state index < -0.39 is 0 Å². The molecule has 0 unspecified atom stereocenters. The standard InChI is InChI=1S/C21H20BrNO3/c1-25-17-7-3-14(4-8-17)13-23-21(24)12-19-18-9-6-16(22)11-15(18)5-10-20(19)26-2/h3-11H,12-13H2,1-2H3,(H,23,24). The lowest BCUT2D eigenvalue weighted by Crippen LogP contribution is -2.24. The molecule has 3 aromatic carbocycles. The Balaban J connectivity index is 1.75. The molecule has 5 heteroatoms. The summed E-state index contributed by atoms with van der Waals surface area (Å²) in [4.78, 5) is 12.5. The number of ether oxygens (including phenoxy) is 2. The van der Waals surface area contributed by atoms with Gasteiger partial charge >= 0.3 is 0 Å². The van der Waals surface area contributed by atoms with Crippen LogP contribution in [-0.4, -0.2) is 20.1 Å². The van der Waals surface area contributed by atoms with Crippen LogP contribution in [0, 0.1) is 0 Å². The third-order valence-electron chi connectivity index (χ3n) is 4.26. The molecule has 1 N–H and O–H groups in total. The first kappa shape index (κ1) is 18.3. The fraction of sp³-hybridized carbons (Fsp3) is 0.190. The number of methoxy groups -OCH3 is 2.